The Morgan fingerprint density at radius 3 is 1.70 bits per heavy atom. The van der Waals surface area contributed by atoms with Gasteiger partial charge in [0.25, 0.3) is 0 Å². The van der Waals surface area contributed by atoms with Crippen LogP contribution in [0.3, 0.4) is 0 Å². The van der Waals surface area contributed by atoms with Gasteiger partial charge in [-0.1, -0.05) is 53.2 Å². The first-order valence-electron chi connectivity index (χ1n) is 22.7. The van der Waals surface area contributed by atoms with E-state index in [0.29, 0.717) is 41.1 Å². The van der Waals surface area contributed by atoms with Crippen LogP contribution in [-0.2, 0) is 64.2 Å². The average Bonchev–Trinajstić information content (AvgIpc) is 3.75. The molecule has 6 atom stereocenters. The Hall–Kier alpha value is -7.63. The minimum atomic E-state index is -1.62. The first-order valence-corrected chi connectivity index (χ1v) is 23.1. The number of primary amides is 1. The number of carbonyl (C=O) groups excluding carboxylic acids is 8. The molecule has 0 radical (unpaired) electrons. The summed E-state index contributed by atoms with van der Waals surface area (Å²) in [6.45, 7) is 1.63. The zero-order chi connectivity index (χ0) is 52.0. The Bertz CT molecular complexity index is 2440. The fourth-order valence-electron chi connectivity index (χ4n) is 6.96. The summed E-state index contributed by atoms with van der Waals surface area (Å²) in [7, 11) is 0. The van der Waals surface area contributed by atoms with E-state index in [4.69, 9.17) is 23.1 Å². The Kier molecular flexibility index (Phi) is 22.2. The van der Waals surface area contributed by atoms with E-state index in [1.54, 1.807) is 37.4 Å². The Morgan fingerprint density at radius 2 is 1.17 bits per heavy atom. The topological polar surface area (TPSA) is 364 Å². The molecule has 23 nitrogen and oxygen atoms in total. The van der Waals surface area contributed by atoms with E-state index in [2.05, 4.69) is 47.5 Å². The van der Waals surface area contributed by atoms with E-state index in [1.165, 1.54) is 60.1 Å². The van der Waals surface area contributed by atoms with E-state index < -0.39 is 96.7 Å². The van der Waals surface area contributed by atoms with Crippen molar-refractivity contribution in [3.05, 3.63) is 106 Å². The van der Waals surface area contributed by atoms with Gasteiger partial charge in [0.05, 0.1) is 31.4 Å². The number of amides is 8. The maximum absolute atomic E-state index is 14.0. The number of aryl methyl sites for hydroxylation is 2. The second-order valence-corrected chi connectivity index (χ2v) is 17.2. The molecule has 24 heteroatoms. The number of hydrogen-bond donors (Lipinski definition) is 12. The molecule has 14 N–H and O–H groups in total. The van der Waals surface area contributed by atoms with Gasteiger partial charge in [0.1, 0.15) is 41.7 Å². The van der Waals surface area contributed by atoms with Crippen LogP contribution in [0.15, 0.2) is 79.0 Å². The second-order valence-electron chi connectivity index (χ2n) is 16.7. The van der Waals surface area contributed by atoms with Gasteiger partial charge in [-0.3, -0.25) is 38.4 Å². The number of aromatic hydroxyl groups is 2. The zero-order valence-corrected chi connectivity index (χ0v) is 40.0. The summed E-state index contributed by atoms with van der Waals surface area (Å²) in [5.74, 6) is -6.52. The molecule has 1 heterocycles. The van der Waals surface area contributed by atoms with Crippen LogP contribution in [0, 0.1) is 6.92 Å². The number of phenols is 2. The number of benzene rings is 3. The lowest BCUT2D eigenvalue weighted by molar-refractivity contribution is -0.135. The average molecular weight is 1010 g/mol. The molecule has 4 rings (SSSR count). The van der Waals surface area contributed by atoms with Crippen molar-refractivity contribution in [3.8, 4) is 11.5 Å². The third-order valence-electron chi connectivity index (χ3n) is 10.8. The van der Waals surface area contributed by atoms with E-state index in [9.17, 15) is 53.7 Å². The van der Waals surface area contributed by atoms with Crippen LogP contribution < -0.4 is 48.7 Å². The predicted molar refractivity (Wildman–Crippen MR) is 258 cm³/mol. The van der Waals surface area contributed by atoms with Crippen LogP contribution in [0.2, 0.25) is 5.02 Å². The number of aliphatic hydroxyl groups excluding tert-OH is 1. The molecule has 0 spiro atoms. The lowest BCUT2D eigenvalue weighted by atomic mass is 10.0. The van der Waals surface area contributed by atoms with Gasteiger partial charge < -0.3 is 64.0 Å². The van der Waals surface area contributed by atoms with Crippen molar-refractivity contribution in [3.63, 3.8) is 0 Å². The van der Waals surface area contributed by atoms with Gasteiger partial charge in [-0.25, -0.2) is 4.68 Å². The number of aromatic nitrogens is 3. The highest BCUT2D eigenvalue weighted by atomic mass is 35.5. The minimum Gasteiger partial charge on any atom is -0.508 e. The first kappa shape index (κ1) is 56.0. The molecule has 382 valence electrons. The molecule has 0 saturated heterocycles. The van der Waals surface area contributed by atoms with Crippen LogP contribution in [0.1, 0.15) is 55.0 Å². The monoisotopic (exact) mass is 1000 g/mol. The van der Waals surface area contributed by atoms with Gasteiger partial charge in [-0.05, 0) is 99.2 Å². The molecular weight excluding hydrogens is 944 g/mol. The number of aliphatic hydroxyl groups is 1. The number of nitrogens with one attached hydrogen (secondary N) is 7. The molecular formula is C47H61ClN12O11. The zero-order valence-electron chi connectivity index (χ0n) is 39.2. The quantitative estimate of drug-likeness (QED) is 0.0286. The standard InChI is InChI=1S/C47H61ClN12O11/c1-27-25-60(59-58-27)26-38(55-39(64)19-12-29-6-13-32(48)14-7-29)46(70)56-37(22-31-10-17-34(63)18-11-31)44(68)51-23-40(65)53-35(5-3-4-20-49)45(69)57-42(28(2)61)47(71)52-24-41(66)54-36(43(50)67)21-30-8-15-33(62)16-9-30/h6-11,13-18,25,28,35-38,42,61-63H,3-5,12,19-24,26,49H2,1-2H3,(H2,50,67)(H,51,68)(H,52,71)(H,53,65)(H,54,66)(H,55,64)(H,56,70)(H,57,69)/t28?,35-,36+,37-,38+,42?/m0/s1. The van der Waals surface area contributed by atoms with Crippen molar-refractivity contribution in [2.24, 2.45) is 11.5 Å². The third-order valence-corrected chi connectivity index (χ3v) is 11.1. The van der Waals surface area contributed by atoms with Crippen molar-refractivity contribution in [2.45, 2.75) is 102 Å². The highest BCUT2D eigenvalue weighted by Crippen LogP contribution is 2.14. The molecule has 1 aromatic heterocycles. The summed E-state index contributed by atoms with van der Waals surface area (Å²) in [6.07, 6.45) is 1.08. The summed E-state index contributed by atoms with van der Waals surface area (Å²) in [5.41, 5.74) is 13.6. The molecule has 71 heavy (non-hydrogen) atoms. The smallest absolute Gasteiger partial charge is 0.245 e. The molecule has 3 aromatic carbocycles. The molecule has 0 aliphatic rings. The second kappa shape index (κ2) is 28.1. The maximum Gasteiger partial charge on any atom is 0.245 e. The highest BCUT2D eigenvalue weighted by molar-refractivity contribution is 6.30. The Labute approximate surface area is 414 Å². The van der Waals surface area contributed by atoms with Crippen molar-refractivity contribution < 1.29 is 53.7 Å². The van der Waals surface area contributed by atoms with Crippen LogP contribution in [0.5, 0.6) is 11.5 Å². The number of nitrogens with zero attached hydrogens (tertiary/aromatic N) is 3. The molecule has 0 aliphatic heterocycles. The van der Waals surface area contributed by atoms with E-state index in [0.717, 1.165) is 5.56 Å². The van der Waals surface area contributed by atoms with Gasteiger partial charge in [-0.15, -0.1) is 5.10 Å². The van der Waals surface area contributed by atoms with Gasteiger partial charge >= 0.3 is 0 Å². The molecule has 0 aliphatic carbocycles. The van der Waals surface area contributed by atoms with Gasteiger partial charge in [0.15, 0.2) is 0 Å². The van der Waals surface area contributed by atoms with Crippen LogP contribution in [-0.4, -0.2) is 134 Å². The Morgan fingerprint density at radius 1 is 0.648 bits per heavy atom. The highest BCUT2D eigenvalue weighted by Gasteiger charge is 2.32. The van der Waals surface area contributed by atoms with Gasteiger partial charge in [-0.2, -0.15) is 0 Å². The fourth-order valence-corrected chi connectivity index (χ4v) is 7.09. The van der Waals surface area contributed by atoms with Crippen LogP contribution in [0.4, 0.5) is 0 Å². The van der Waals surface area contributed by atoms with Gasteiger partial charge in [0.2, 0.25) is 47.3 Å². The number of halogens is 1. The lowest BCUT2D eigenvalue weighted by Crippen LogP contribution is -2.59. The van der Waals surface area contributed by atoms with Crippen molar-refractivity contribution in [1.82, 2.24) is 52.2 Å². The van der Waals surface area contributed by atoms with Crippen molar-refractivity contribution in [2.75, 3.05) is 19.6 Å². The van der Waals surface area contributed by atoms with Crippen molar-refractivity contribution in [1.29, 1.82) is 0 Å². The lowest BCUT2D eigenvalue weighted by Gasteiger charge is -2.25. The summed E-state index contributed by atoms with van der Waals surface area (Å²) in [5, 5.41) is 55.9. The van der Waals surface area contributed by atoms with Crippen LogP contribution >= 0.6 is 11.6 Å². The number of nitrogens with two attached hydrogens (primary N) is 2. The summed E-state index contributed by atoms with van der Waals surface area (Å²) in [4.78, 5) is 106. The van der Waals surface area contributed by atoms with E-state index >= 15 is 0 Å². The molecule has 0 saturated carbocycles. The summed E-state index contributed by atoms with van der Waals surface area (Å²) >= 11 is 5.99. The summed E-state index contributed by atoms with van der Waals surface area (Å²) in [6, 6.07) is 11.9. The van der Waals surface area contributed by atoms with E-state index in [1.807, 2.05) is 0 Å². The molecule has 8 amide bonds. The van der Waals surface area contributed by atoms with Crippen LogP contribution in [0.25, 0.3) is 0 Å². The fraction of sp³-hybridized carbons (Fsp3) is 0.404. The number of carbonyl (C=O) groups is 8. The minimum absolute atomic E-state index is 0.00531. The summed E-state index contributed by atoms with van der Waals surface area (Å²) < 4.78 is 1.36. The SMILES string of the molecule is Cc1cn(C[C@@H](NC(=O)CCc2ccc(Cl)cc2)C(=O)N[C@@H](Cc2ccc(O)cc2)C(=O)NCC(=O)N[C@@H](CCCCN)C(=O)NC(C(=O)NCC(=O)N[C@H](Cc2ccc(O)cc2)C(N)=O)C(C)O)nn1. The molecule has 2 unspecified atom stereocenters. The number of phenolic OH excluding ortho intramolecular Hbond substituents is 2. The number of unbranched alkanes of at least 4 members (excludes halogenated alkanes) is 1. The predicted octanol–water partition coefficient (Wildman–Crippen LogP) is -1.58. The molecule has 4 aromatic rings. The van der Waals surface area contributed by atoms with Gasteiger partial charge in [0, 0.05) is 30.5 Å². The number of hydrogen-bond acceptors (Lipinski definition) is 14. The Balaban J connectivity index is 1.41. The normalized spacial score (nSPS) is 13.5. The maximum atomic E-state index is 14.0. The first-order chi connectivity index (χ1) is 33.8. The number of rotatable bonds is 28. The molecule has 0 bridgehead atoms. The van der Waals surface area contributed by atoms with E-state index in [-0.39, 0.29) is 50.3 Å². The molecule has 0 fully saturated rings. The van der Waals surface area contributed by atoms with Crippen molar-refractivity contribution >= 4 is 58.9 Å². The largest absolute Gasteiger partial charge is 0.508 e. The third kappa shape index (κ3) is 19.7.